The zero-order valence-corrected chi connectivity index (χ0v) is 19.7. The van der Waals surface area contributed by atoms with Crippen molar-refractivity contribution in [3.05, 3.63) is 69.2 Å². The Balaban J connectivity index is 2.05. The van der Waals surface area contributed by atoms with Crippen molar-refractivity contribution < 1.29 is 19.4 Å². The molecule has 9 heteroatoms. The predicted molar refractivity (Wildman–Crippen MR) is 120 cm³/mol. The lowest BCUT2D eigenvalue weighted by molar-refractivity contribution is -0.189. The monoisotopic (exact) mass is 472 g/mol. The molecular weight excluding hydrogens is 446 g/mol. The average molecular weight is 473 g/mol. The first-order valence-electron chi connectivity index (χ1n) is 9.61. The molecule has 0 bridgehead atoms. The quantitative estimate of drug-likeness (QED) is 0.328. The van der Waals surface area contributed by atoms with E-state index in [4.69, 9.17) is 28.0 Å². The van der Waals surface area contributed by atoms with E-state index >= 15 is 0 Å². The molecule has 2 aromatic rings. The summed E-state index contributed by atoms with van der Waals surface area (Å²) < 4.78 is 12.4. The molecular formula is C21H27Cl2N2O4P. The zero-order valence-electron chi connectivity index (χ0n) is 17.2. The summed E-state index contributed by atoms with van der Waals surface area (Å²) in [6.07, 6.45) is 0.301. The Kier molecular flexibility index (Phi) is 9.82. The third-order valence-corrected chi connectivity index (χ3v) is 6.99. The number of amides is 1. The van der Waals surface area contributed by atoms with E-state index in [1.54, 1.807) is 18.2 Å². The topological polar surface area (TPSA) is 78.9 Å². The van der Waals surface area contributed by atoms with Crippen molar-refractivity contribution >= 4 is 37.1 Å². The Morgan fingerprint density at radius 3 is 2.30 bits per heavy atom. The van der Waals surface area contributed by atoms with Crippen molar-refractivity contribution in [1.29, 1.82) is 0 Å². The van der Waals surface area contributed by atoms with Gasteiger partial charge < -0.3 is 9.77 Å². The molecule has 0 radical (unpaired) electrons. The fourth-order valence-electron chi connectivity index (χ4n) is 2.97. The van der Waals surface area contributed by atoms with Crippen LogP contribution in [0.4, 0.5) is 0 Å². The summed E-state index contributed by atoms with van der Waals surface area (Å²) >= 11 is 12.0. The summed E-state index contributed by atoms with van der Waals surface area (Å²) in [7, 11) is -2.59. The molecule has 2 aromatic carbocycles. The first kappa shape index (κ1) is 24.9. The number of carbonyl (C=O) groups is 1. The van der Waals surface area contributed by atoms with Gasteiger partial charge >= 0.3 is 0 Å². The Bertz CT molecular complexity index is 878. The van der Waals surface area contributed by atoms with Crippen molar-refractivity contribution in [3.8, 4) is 0 Å². The Morgan fingerprint density at radius 2 is 1.77 bits per heavy atom. The van der Waals surface area contributed by atoms with Gasteiger partial charge in [-0.25, -0.2) is 5.06 Å². The van der Waals surface area contributed by atoms with Crippen LogP contribution in [0.25, 0.3) is 0 Å². The molecule has 0 spiro atoms. The summed E-state index contributed by atoms with van der Waals surface area (Å²) in [5.41, 5.74) is 2.28. The number of nitrogens with one attached hydrogen (secondary N) is 1. The molecule has 164 valence electrons. The largest absolute Gasteiger partial charge is 0.310 e. The highest BCUT2D eigenvalue weighted by Crippen LogP contribution is 2.42. The van der Waals surface area contributed by atoms with Crippen molar-refractivity contribution in [1.82, 2.24) is 10.3 Å². The molecule has 1 amide bonds. The third-order valence-electron chi connectivity index (χ3n) is 4.78. The minimum atomic E-state index is -2.59. The summed E-state index contributed by atoms with van der Waals surface area (Å²) in [5.74, 6) is 0.175. The molecule has 0 aromatic heterocycles. The van der Waals surface area contributed by atoms with Gasteiger partial charge in [0.15, 0.2) is 7.95 Å². The lowest BCUT2D eigenvalue weighted by Crippen LogP contribution is -2.30. The number of benzene rings is 2. The summed E-state index contributed by atoms with van der Waals surface area (Å²) in [5, 5.41) is 13.0. The number of hydroxylamine groups is 2. The number of nitrogens with zero attached hydrogens (tertiary/aromatic N) is 1. The molecule has 2 atom stereocenters. The minimum absolute atomic E-state index is 0.197. The van der Waals surface area contributed by atoms with Gasteiger partial charge in [0.25, 0.3) is 0 Å². The average Bonchev–Trinajstić information content (AvgIpc) is 2.72. The van der Waals surface area contributed by atoms with Gasteiger partial charge in [-0.1, -0.05) is 67.4 Å². The Morgan fingerprint density at radius 1 is 1.13 bits per heavy atom. The van der Waals surface area contributed by atoms with Crippen LogP contribution in [0.5, 0.6) is 0 Å². The molecule has 2 unspecified atom stereocenters. The van der Waals surface area contributed by atoms with Crippen LogP contribution in [-0.2, 0) is 20.8 Å². The fourth-order valence-corrected chi connectivity index (χ4v) is 4.30. The van der Waals surface area contributed by atoms with E-state index in [2.05, 4.69) is 13.8 Å². The molecule has 0 aliphatic carbocycles. The van der Waals surface area contributed by atoms with Crippen LogP contribution in [0, 0.1) is 0 Å². The van der Waals surface area contributed by atoms with Crippen LogP contribution in [0.3, 0.4) is 0 Å². The van der Waals surface area contributed by atoms with Gasteiger partial charge in [0.05, 0.1) is 15.7 Å². The summed E-state index contributed by atoms with van der Waals surface area (Å²) in [6.45, 7) is 6.09. The molecule has 0 aliphatic rings. The molecule has 0 saturated heterocycles. The second-order valence-electron chi connectivity index (χ2n) is 7.28. The first-order valence-corrected chi connectivity index (χ1v) is 11.9. The van der Waals surface area contributed by atoms with Crippen LogP contribution in [0.15, 0.2) is 42.5 Å². The van der Waals surface area contributed by atoms with Gasteiger partial charge in [-0.2, -0.15) is 5.25 Å². The van der Waals surface area contributed by atoms with Gasteiger partial charge in [-0.3, -0.25) is 9.63 Å². The molecule has 2 rings (SSSR count). The Hall–Kier alpha value is -1.40. The van der Waals surface area contributed by atoms with E-state index in [1.165, 1.54) is 17.6 Å². The van der Waals surface area contributed by atoms with Gasteiger partial charge in [-0.05, 0) is 41.2 Å². The van der Waals surface area contributed by atoms with Crippen LogP contribution in [0.1, 0.15) is 55.5 Å². The number of rotatable bonds is 10. The normalized spacial score (nSPS) is 13.3. The maximum Gasteiger partial charge on any atom is 0.243 e. The lowest BCUT2D eigenvalue weighted by Gasteiger charge is -2.24. The first-order chi connectivity index (χ1) is 14.2. The molecule has 0 aliphatic heterocycles. The van der Waals surface area contributed by atoms with Crippen LogP contribution >= 0.6 is 31.2 Å². The molecule has 2 N–H and O–H groups in total. The van der Waals surface area contributed by atoms with Crippen LogP contribution < -0.4 is 5.25 Å². The molecule has 0 heterocycles. The number of carbonyl (C=O) groups excluding carboxylic acids is 1. The van der Waals surface area contributed by atoms with Crippen molar-refractivity contribution in [2.75, 3.05) is 6.54 Å². The van der Waals surface area contributed by atoms with Gasteiger partial charge in [0.1, 0.15) is 6.61 Å². The molecule has 6 nitrogen and oxygen atoms in total. The highest BCUT2D eigenvalue weighted by atomic mass is 35.5. The lowest BCUT2D eigenvalue weighted by atomic mass is 10.0. The van der Waals surface area contributed by atoms with Gasteiger partial charge in [0.2, 0.25) is 5.91 Å². The SMILES string of the molecule is CC(=O)N(CCC(c1ccc(Cl)c(Cl)c1)[PH](=O)NO)OCc1ccc(C(C)C)cc1. The second-order valence-corrected chi connectivity index (χ2v) is 9.75. The van der Waals surface area contributed by atoms with Gasteiger partial charge in [0, 0.05) is 13.5 Å². The molecule has 0 saturated carbocycles. The maximum atomic E-state index is 12.4. The van der Waals surface area contributed by atoms with Crippen LogP contribution in [0.2, 0.25) is 10.0 Å². The van der Waals surface area contributed by atoms with Crippen LogP contribution in [-0.4, -0.2) is 22.7 Å². The van der Waals surface area contributed by atoms with E-state index in [0.29, 0.717) is 27.9 Å². The van der Waals surface area contributed by atoms with E-state index in [-0.39, 0.29) is 19.1 Å². The Labute approximate surface area is 187 Å². The minimum Gasteiger partial charge on any atom is -0.310 e. The van der Waals surface area contributed by atoms with E-state index in [9.17, 15) is 14.6 Å². The number of hydrogen-bond acceptors (Lipinski definition) is 4. The van der Waals surface area contributed by atoms with Crippen molar-refractivity contribution in [3.63, 3.8) is 0 Å². The summed E-state index contributed by atoms with van der Waals surface area (Å²) in [4.78, 5) is 17.7. The smallest absolute Gasteiger partial charge is 0.243 e. The summed E-state index contributed by atoms with van der Waals surface area (Å²) in [6, 6.07) is 13.0. The molecule has 0 fully saturated rings. The second kappa shape index (κ2) is 11.8. The number of halogens is 2. The van der Waals surface area contributed by atoms with Crippen molar-refractivity contribution in [2.24, 2.45) is 0 Å². The van der Waals surface area contributed by atoms with E-state index < -0.39 is 13.6 Å². The van der Waals surface area contributed by atoms with E-state index in [0.717, 1.165) is 5.56 Å². The van der Waals surface area contributed by atoms with Crippen molar-refractivity contribution in [2.45, 2.75) is 45.4 Å². The fraction of sp³-hybridized carbons (Fsp3) is 0.381. The zero-order chi connectivity index (χ0) is 22.3. The standard InChI is InChI=1S/C21H27Cl2N2O4P/c1-14(2)17-6-4-16(5-7-17)13-29-25(15(3)26)11-10-21(30(28)24-27)18-8-9-19(22)20(23)12-18/h4-9,12,14,21,27,30H,10-11,13H2,1-3H3,(H,24,28). The predicted octanol–water partition coefficient (Wildman–Crippen LogP) is 5.98. The highest BCUT2D eigenvalue weighted by Gasteiger charge is 2.22. The highest BCUT2D eigenvalue weighted by molar-refractivity contribution is 7.42. The van der Waals surface area contributed by atoms with E-state index in [1.807, 2.05) is 29.5 Å². The number of hydrogen-bond donors (Lipinski definition) is 2. The van der Waals surface area contributed by atoms with Gasteiger partial charge in [-0.15, -0.1) is 0 Å². The maximum absolute atomic E-state index is 12.4. The third kappa shape index (κ3) is 7.09. The molecule has 30 heavy (non-hydrogen) atoms.